The van der Waals surface area contributed by atoms with Gasteiger partial charge in [-0.1, -0.05) is 40.9 Å². The van der Waals surface area contributed by atoms with Gasteiger partial charge in [-0.2, -0.15) is 4.99 Å². The molecule has 5 nitrogen and oxygen atoms in total. The summed E-state index contributed by atoms with van der Waals surface area (Å²) in [7, 11) is 0. The number of carbonyl (C=O) groups is 1. The maximum absolute atomic E-state index is 11.7. The normalized spacial score (nSPS) is 15.1. The first-order valence-electron chi connectivity index (χ1n) is 8.02. The van der Waals surface area contributed by atoms with Gasteiger partial charge in [0.2, 0.25) is 0 Å². The minimum absolute atomic E-state index is 0.219. The lowest BCUT2D eigenvalue weighted by molar-refractivity contribution is -0.113. The van der Waals surface area contributed by atoms with Crippen molar-refractivity contribution in [2.75, 3.05) is 13.2 Å². The molecule has 3 rings (SSSR count). The summed E-state index contributed by atoms with van der Waals surface area (Å²) in [6.07, 6.45) is 1.64. The fourth-order valence-corrected chi connectivity index (χ4v) is 3.61. The first-order chi connectivity index (χ1) is 12.9. The van der Waals surface area contributed by atoms with Crippen molar-refractivity contribution in [2.45, 2.75) is 6.92 Å². The van der Waals surface area contributed by atoms with E-state index >= 15 is 0 Å². The molecule has 0 fully saturated rings. The van der Waals surface area contributed by atoms with E-state index < -0.39 is 0 Å². The highest BCUT2D eigenvalue weighted by molar-refractivity contribution is 8.18. The van der Waals surface area contributed by atoms with E-state index in [0.717, 1.165) is 17.5 Å². The molecule has 1 heterocycles. The molecule has 0 bridgehead atoms. The standard InChI is InChI=1S/C19H16Cl2N2O3S/c1-11-2-4-13(5-3-11)25-6-7-26-17-14(20)8-12(9-15(17)21)10-16-18(24)23-19(22)27-16/h2-5,8-10H,6-7H2,1H3,(H2,22,23,24). The average Bonchev–Trinajstić information content (AvgIpc) is 2.92. The minimum Gasteiger partial charge on any atom is -0.490 e. The van der Waals surface area contributed by atoms with Crippen molar-refractivity contribution in [3.05, 3.63) is 62.5 Å². The molecule has 0 aliphatic carbocycles. The highest BCUT2D eigenvalue weighted by Crippen LogP contribution is 2.36. The number of ether oxygens (including phenoxy) is 2. The molecule has 0 saturated carbocycles. The predicted molar refractivity (Wildman–Crippen MR) is 111 cm³/mol. The lowest BCUT2D eigenvalue weighted by Gasteiger charge is -2.12. The van der Waals surface area contributed by atoms with E-state index in [1.54, 1.807) is 18.2 Å². The molecule has 0 atom stereocenters. The lowest BCUT2D eigenvalue weighted by Crippen LogP contribution is -2.09. The number of hydrogen-bond donors (Lipinski definition) is 1. The molecule has 0 aromatic heterocycles. The highest BCUT2D eigenvalue weighted by atomic mass is 35.5. The van der Waals surface area contributed by atoms with E-state index in [0.29, 0.717) is 32.9 Å². The molecule has 1 aliphatic rings. The van der Waals surface area contributed by atoms with Crippen molar-refractivity contribution in [2.24, 2.45) is 10.7 Å². The smallest absolute Gasteiger partial charge is 0.286 e. The van der Waals surface area contributed by atoms with E-state index in [2.05, 4.69) is 4.99 Å². The number of aliphatic imine (C=N–C) groups is 1. The zero-order valence-corrected chi connectivity index (χ0v) is 16.7. The highest BCUT2D eigenvalue weighted by Gasteiger charge is 2.20. The Balaban J connectivity index is 1.61. The van der Waals surface area contributed by atoms with Crippen molar-refractivity contribution in [3.63, 3.8) is 0 Å². The monoisotopic (exact) mass is 422 g/mol. The summed E-state index contributed by atoms with van der Waals surface area (Å²) in [6.45, 7) is 2.65. The van der Waals surface area contributed by atoms with E-state index in [1.807, 2.05) is 31.2 Å². The van der Waals surface area contributed by atoms with Crippen LogP contribution in [0.5, 0.6) is 11.5 Å². The number of amides is 1. The number of rotatable bonds is 6. The van der Waals surface area contributed by atoms with Crippen molar-refractivity contribution in [1.29, 1.82) is 0 Å². The van der Waals surface area contributed by atoms with Crippen LogP contribution in [0.1, 0.15) is 11.1 Å². The molecule has 2 N–H and O–H groups in total. The Bertz CT molecular complexity index is 904. The number of thioether (sulfide) groups is 1. The molecule has 2 aromatic rings. The van der Waals surface area contributed by atoms with Gasteiger partial charge < -0.3 is 15.2 Å². The first kappa shape index (κ1) is 19.6. The molecule has 0 saturated heterocycles. The van der Waals surface area contributed by atoms with Crippen LogP contribution in [-0.4, -0.2) is 24.3 Å². The molecule has 2 aromatic carbocycles. The van der Waals surface area contributed by atoms with Gasteiger partial charge in [0.25, 0.3) is 5.91 Å². The number of nitrogens with two attached hydrogens (primary N) is 1. The topological polar surface area (TPSA) is 73.9 Å². The molecule has 8 heteroatoms. The molecular weight excluding hydrogens is 407 g/mol. The van der Waals surface area contributed by atoms with Gasteiger partial charge in [0, 0.05) is 0 Å². The third-order valence-electron chi connectivity index (χ3n) is 3.57. The molecular formula is C19H16Cl2N2O3S. The van der Waals surface area contributed by atoms with E-state index in [9.17, 15) is 4.79 Å². The Hall–Kier alpha value is -2.15. The maximum atomic E-state index is 11.7. The number of carbonyl (C=O) groups excluding carboxylic acids is 1. The van der Waals surface area contributed by atoms with Crippen LogP contribution >= 0.6 is 35.0 Å². The quantitative estimate of drug-likeness (QED) is 0.539. The number of aryl methyl sites for hydroxylation is 1. The van der Waals surface area contributed by atoms with Crippen LogP contribution < -0.4 is 15.2 Å². The van der Waals surface area contributed by atoms with Crippen LogP contribution in [0.3, 0.4) is 0 Å². The van der Waals surface area contributed by atoms with Gasteiger partial charge in [0.05, 0.1) is 15.0 Å². The van der Waals surface area contributed by atoms with Crippen LogP contribution in [0.4, 0.5) is 0 Å². The minimum atomic E-state index is -0.377. The second-order valence-electron chi connectivity index (χ2n) is 5.69. The molecule has 0 spiro atoms. The molecule has 140 valence electrons. The zero-order valence-electron chi connectivity index (χ0n) is 14.4. The van der Waals surface area contributed by atoms with E-state index in [4.69, 9.17) is 38.4 Å². The molecule has 27 heavy (non-hydrogen) atoms. The fourth-order valence-electron chi connectivity index (χ4n) is 2.32. The lowest BCUT2D eigenvalue weighted by atomic mass is 10.2. The number of hydrogen-bond acceptors (Lipinski definition) is 5. The Morgan fingerprint density at radius 3 is 2.33 bits per heavy atom. The van der Waals surface area contributed by atoms with Crippen LogP contribution in [0.15, 0.2) is 46.3 Å². The van der Waals surface area contributed by atoms with Gasteiger partial charge in [-0.15, -0.1) is 0 Å². The SMILES string of the molecule is Cc1ccc(OCCOc2c(Cl)cc(C=C3SC(N)=NC3=O)cc2Cl)cc1. The Kier molecular flexibility index (Phi) is 6.31. The molecule has 0 radical (unpaired) electrons. The second kappa shape index (κ2) is 8.69. The van der Waals surface area contributed by atoms with Crippen molar-refractivity contribution >= 4 is 52.1 Å². The van der Waals surface area contributed by atoms with Gasteiger partial charge in [-0.05, 0) is 54.6 Å². The summed E-state index contributed by atoms with van der Waals surface area (Å²) in [5.41, 5.74) is 7.36. The molecule has 1 amide bonds. The summed E-state index contributed by atoms with van der Waals surface area (Å²) in [4.78, 5) is 15.7. The second-order valence-corrected chi connectivity index (χ2v) is 7.57. The van der Waals surface area contributed by atoms with Crippen LogP contribution in [0.25, 0.3) is 6.08 Å². The zero-order chi connectivity index (χ0) is 19.4. The predicted octanol–water partition coefficient (Wildman–Crippen LogP) is 4.69. The third-order valence-corrected chi connectivity index (χ3v) is 4.95. The number of nitrogens with zero attached hydrogens (tertiary/aromatic N) is 1. The molecule has 0 unspecified atom stereocenters. The van der Waals surface area contributed by atoms with Crippen LogP contribution in [0.2, 0.25) is 10.0 Å². The van der Waals surface area contributed by atoms with Gasteiger partial charge in [-0.3, -0.25) is 4.79 Å². The Morgan fingerprint density at radius 2 is 1.74 bits per heavy atom. The average molecular weight is 423 g/mol. The van der Waals surface area contributed by atoms with Crippen molar-refractivity contribution in [1.82, 2.24) is 0 Å². The first-order valence-corrected chi connectivity index (χ1v) is 9.59. The molecule has 1 aliphatic heterocycles. The number of halogens is 2. The summed E-state index contributed by atoms with van der Waals surface area (Å²) < 4.78 is 11.3. The van der Waals surface area contributed by atoms with Crippen LogP contribution in [-0.2, 0) is 4.79 Å². The van der Waals surface area contributed by atoms with Gasteiger partial charge in [0.1, 0.15) is 19.0 Å². The van der Waals surface area contributed by atoms with Crippen LogP contribution in [0, 0.1) is 6.92 Å². The number of amidine groups is 1. The maximum Gasteiger partial charge on any atom is 0.286 e. The Morgan fingerprint density at radius 1 is 1.11 bits per heavy atom. The largest absolute Gasteiger partial charge is 0.490 e. The van der Waals surface area contributed by atoms with Gasteiger partial charge in [-0.25, -0.2) is 0 Å². The van der Waals surface area contributed by atoms with E-state index in [-0.39, 0.29) is 17.7 Å². The van der Waals surface area contributed by atoms with Gasteiger partial charge >= 0.3 is 0 Å². The van der Waals surface area contributed by atoms with Crippen molar-refractivity contribution in [3.8, 4) is 11.5 Å². The Labute approximate surface area is 171 Å². The fraction of sp³-hybridized carbons (Fsp3) is 0.158. The summed E-state index contributed by atoms with van der Waals surface area (Å²) >= 11 is 13.7. The van der Waals surface area contributed by atoms with Crippen molar-refractivity contribution < 1.29 is 14.3 Å². The summed E-state index contributed by atoms with van der Waals surface area (Å²) in [5.74, 6) is 0.760. The summed E-state index contributed by atoms with van der Waals surface area (Å²) in [6, 6.07) is 11.1. The summed E-state index contributed by atoms with van der Waals surface area (Å²) in [5, 5.41) is 0.903. The van der Waals surface area contributed by atoms with Gasteiger partial charge in [0.15, 0.2) is 10.9 Å². The van der Waals surface area contributed by atoms with E-state index in [1.165, 1.54) is 5.56 Å². The third kappa shape index (κ3) is 5.19. The number of benzene rings is 2.